The van der Waals surface area contributed by atoms with E-state index in [1.807, 2.05) is 31.2 Å². The van der Waals surface area contributed by atoms with E-state index in [1.165, 1.54) is 0 Å². The van der Waals surface area contributed by atoms with Gasteiger partial charge < -0.3 is 14.4 Å². The molecule has 1 heterocycles. The molecule has 0 aliphatic carbocycles. The lowest BCUT2D eigenvalue weighted by Crippen LogP contribution is -2.43. The van der Waals surface area contributed by atoms with E-state index in [4.69, 9.17) is 21.1 Å². The number of fused-ring (bicyclic) bond motifs is 1. The van der Waals surface area contributed by atoms with Crippen LogP contribution < -0.4 is 9.47 Å². The van der Waals surface area contributed by atoms with Crippen molar-refractivity contribution in [3.8, 4) is 11.5 Å². The van der Waals surface area contributed by atoms with Gasteiger partial charge in [-0.1, -0.05) is 23.7 Å². The molecule has 5 heteroatoms. The molecule has 0 saturated heterocycles. The molecule has 0 N–H and O–H groups in total. The summed E-state index contributed by atoms with van der Waals surface area (Å²) in [5, 5.41) is 0.616. The zero-order valence-corrected chi connectivity index (χ0v) is 13.6. The Labute approximate surface area is 140 Å². The van der Waals surface area contributed by atoms with Gasteiger partial charge in [-0.2, -0.15) is 0 Å². The number of rotatable bonds is 4. The summed E-state index contributed by atoms with van der Waals surface area (Å²) in [7, 11) is 0. The zero-order chi connectivity index (χ0) is 16.2. The molecule has 1 aliphatic rings. The molecule has 0 fully saturated rings. The lowest BCUT2D eigenvalue weighted by molar-refractivity contribution is 0.0475. The third kappa shape index (κ3) is 3.59. The Morgan fingerprint density at radius 3 is 2.57 bits per heavy atom. The summed E-state index contributed by atoms with van der Waals surface area (Å²) in [5.41, 5.74) is 0.619. The highest BCUT2D eigenvalue weighted by Crippen LogP contribution is 2.31. The summed E-state index contributed by atoms with van der Waals surface area (Å²) in [6, 6.07) is 14.5. The number of halogens is 1. The lowest BCUT2D eigenvalue weighted by Gasteiger charge is -2.31. The maximum atomic E-state index is 12.6. The average Bonchev–Trinajstić information content (AvgIpc) is 2.59. The molecule has 120 valence electrons. The Morgan fingerprint density at radius 2 is 1.87 bits per heavy atom. The highest BCUT2D eigenvalue weighted by Gasteiger charge is 2.25. The number of hydrogen-bond acceptors (Lipinski definition) is 3. The molecular weight excluding hydrogens is 314 g/mol. The predicted octanol–water partition coefficient (Wildman–Crippen LogP) is 3.64. The minimum absolute atomic E-state index is 0.0355. The summed E-state index contributed by atoms with van der Waals surface area (Å²) in [4.78, 5) is 14.3. The van der Waals surface area contributed by atoms with Crippen molar-refractivity contribution in [3.05, 3.63) is 59.1 Å². The van der Waals surface area contributed by atoms with E-state index in [2.05, 4.69) is 0 Å². The first-order valence-corrected chi connectivity index (χ1v) is 7.98. The largest absolute Gasteiger partial charge is 0.486 e. The van der Waals surface area contributed by atoms with Gasteiger partial charge in [-0.05, 0) is 43.3 Å². The van der Waals surface area contributed by atoms with Crippen molar-refractivity contribution in [1.29, 1.82) is 0 Å². The summed E-state index contributed by atoms with van der Waals surface area (Å²) >= 11 is 5.87. The molecule has 0 bridgehead atoms. The molecule has 4 nitrogen and oxygen atoms in total. The van der Waals surface area contributed by atoms with Crippen LogP contribution in [0.4, 0.5) is 0 Å². The van der Waals surface area contributed by atoms with E-state index in [-0.39, 0.29) is 12.0 Å². The molecule has 0 spiro atoms. The number of carbonyl (C=O) groups excluding carboxylic acids is 1. The molecule has 1 atom stereocenters. The van der Waals surface area contributed by atoms with E-state index in [1.54, 1.807) is 29.2 Å². The fraction of sp³-hybridized carbons (Fsp3) is 0.278. The normalized spacial score (nSPS) is 16.0. The van der Waals surface area contributed by atoms with Crippen LogP contribution in [-0.4, -0.2) is 36.6 Å². The minimum Gasteiger partial charge on any atom is -0.486 e. The molecule has 2 aromatic rings. The Bertz CT molecular complexity index is 687. The van der Waals surface area contributed by atoms with Crippen molar-refractivity contribution in [1.82, 2.24) is 4.90 Å². The van der Waals surface area contributed by atoms with Crippen molar-refractivity contribution in [2.24, 2.45) is 0 Å². The Hall–Kier alpha value is -2.20. The van der Waals surface area contributed by atoms with E-state index in [9.17, 15) is 4.79 Å². The highest BCUT2D eigenvalue weighted by atomic mass is 35.5. The molecule has 0 aromatic heterocycles. The molecule has 0 radical (unpaired) electrons. The third-order valence-electron chi connectivity index (χ3n) is 3.75. The first-order valence-electron chi connectivity index (χ1n) is 7.60. The van der Waals surface area contributed by atoms with Crippen LogP contribution in [0.2, 0.25) is 5.02 Å². The van der Waals surface area contributed by atoms with Crippen LogP contribution in [0, 0.1) is 0 Å². The van der Waals surface area contributed by atoms with Gasteiger partial charge in [0.1, 0.15) is 6.61 Å². The van der Waals surface area contributed by atoms with Crippen molar-refractivity contribution in [3.63, 3.8) is 0 Å². The van der Waals surface area contributed by atoms with Crippen LogP contribution in [0.5, 0.6) is 11.5 Å². The number of para-hydroxylation sites is 2. The first kappa shape index (κ1) is 15.7. The molecule has 0 saturated carbocycles. The first-order chi connectivity index (χ1) is 11.2. The van der Waals surface area contributed by atoms with Gasteiger partial charge in [-0.15, -0.1) is 0 Å². The average molecular weight is 332 g/mol. The highest BCUT2D eigenvalue weighted by molar-refractivity contribution is 6.30. The van der Waals surface area contributed by atoms with Gasteiger partial charge in [-0.25, -0.2) is 0 Å². The molecule has 2 aromatic carbocycles. The number of carbonyl (C=O) groups is 1. The second kappa shape index (κ2) is 6.92. The SMILES string of the molecule is CCN(CC1COc2ccccc2O1)C(=O)c1ccc(Cl)cc1. The topological polar surface area (TPSA) is 38.8 Å². The molecule has 1 unspecified atom stereocenters. The standard InChI is InChI=1S/C18H18ClNO3/c1-2-20(18(21)13-7-9-14(19)10-8-13)11-15-12-22-16-5-3-4-6-17(16)23-15/h3-10,15H,2,11-12H2,1H3. The van der Waals surface area contributed by atoms with Crippen LogP contribution in [0.25, 0.3) is 0 Å². The van der Waals surface area contributed by atoms with Gasteiger partial charge in [0.05, 0.1) is 6.54 Å². The lowest BCUT2D eigenvalue weighted by atomic mass is 10.2. The van der Waals surface area contributed by atoms with E-state index in [0.717, 1.165) is 11.5 Å². The third-order valence-corrected chi connectivity index (χ3v) is 4.00. The Balaban J connectivity index is 1.68. The van der Waals surface area contributed by atoms with E-state index < -0.39 is 0 Å². The molecule has 3 rings (SSSR count). The van der Waals surface area contributed by atoms with Crippen LogP contribution in [0.1, 0.15) is 17.3 Å². The number of amides is 1. The second-order valence-electron chi connectivity index (χ2n) is 5.35. The van der Waals surface area contributed by atoms with Crippen LogP contribution in [0.3, 0.4) is 0 Å². The van der Waals surface area contributed by atoms with Crippen LogP contribution in [0.15, 0.2) is 48.5 Å². The quantitative estimate of drug-likeness (QED) is 0.858. The van der Waals surface area contributed by atoms with Crippen molar-refractivity contribution in [2.75, 3.05) is 19.7 Å². The van der Waals surface area contributed by atoms with Gasteiger partial charge in [0.25, 0.3) is 5.91 Å². The van der Waals surface area contributed by atoms with E-state index >= 15 is 0 Å². The number of ether oxygens (including phenoxy) is 2. The molecule has 1 aliphatic heterocycles. The smallest absolute Gasteiger partial charge is 0.253 e. The fourth-order valence-electron chi connectivity index (χ4n) is 2.53. The Morgan fingerprint density at radius 1 is 1.17 bits per heavy atom. The monoisotopic (exact) mass is 331 g/mol. The number of likely N-dealkylation sites (N-methyl/N-ethyl adjacent to an activating group) is 1. The van der Waals surface area contributed by atoms with Crippen LogP contribution >= 0.6 is 11.6 Å². The zero-order valence-electron chi connectivity index (χ0n) is 12.9. The molecular formula is C18H18ClNO3. The summed E-state index contributed by atoms with van der Waals surface area (Å²) in [5.74, 6) is 1.43. The number of hydrogen-bond donors (Lipinski definition) is 0. The number of benzene rings is 2. The maximum absolute atomic E-state index is 12.6. The van der Waals surface area contributed by atoms with Gasteiger partial charge >= 0.3 is 0 Å². The predicted molar refractivity (Wildman–Crippen MR) is 89.4 cm³/mol. The van der Waals surface area contributed by atoms with Gasteiger partial charge in [-0.3, -0.25) is 4.79 Å². The minimum atomic E-state index is -0.180. The molecule has 1 amide bonds. The van der Waals surface area contributed by atoms with Crippen molar-refractivity contribution in [2.45, 2.75) is 13.0 Å². The van der Waals surface area contributed by atoms with Gasteiger partial charge in [0.2, 0.25) is 0 Å². The van der Waals surface area contributed by atoms with Crippen LogP contribution in [-0.2, 0) is 0 Å². The van der Waals surface area contributed by atoms with Crippen molar-refractivity contribution >= 4 is 17.5 Å². The summed E-state index contributed by atoms with van der Waals surface area (Å²) in [6.07, 6.45) is -0.180. The van der Waals surface area contributed by atoms with Gasteiger partial charge in [0.15, 0.2) is 17.6 Å². The summed E-state index contributed by atoms with van der Waals surface area (Å²) in [6.45, 7) is 3.46. The van der Waals surface area contributed by atoms with Gasteiger partial charge in [0, 0.05) is 17.1 Å². The summed E-state index contributed by atoms with van der Waals surface area (Å²) < 4.78 is 11.6. The molecule has 23 heavy (non-hydrogen) atoms. The fourth-order valence-corrected chi connectivity index (χ4v) is 2.66. The van der Waals surface area contributed by atoms with E-state index in [0.29, 0.717) is 30.3 Å². The second-order valence-corrected chi connectivity index (χ2v) is 5.78. The number of nitrogens with zero attached hydrogens (tertiary/aromatic N) is 1. The Kier molecular flexibility index (Phi) is 4.72. The van der Waals surface area contributed by atoms with Crippen molar-refractivity contribution < 1.29 is 14.3 Å². The maximum Gasteiger partial charge on any atom is 0.253 e.